The van der Waals surface area contributed by atoms with Crippen LogP contribution in [0.15, 0.2) is 36.5 Å². The number of halogens is 2. The van der Waals surface area contributed by atoms with Crippen LogP contribution in [0.5, 0.6) is 0 Å². The van der Waals surface area contributed by atoms with Gasteiger partial charge in [-0.2, -0.15) is 0 Å². The lowest BCUT2D eigenvalue weighted by Gasteiger charge is -2.10. The van der Waals surface area contributed by atoms with Gasteiger partial charge in [0.2, 0.25) is 0 Å². The zero-order valence-corrected chi connectivity index (χ0v) is 10.7. The summed E-state index contributed by atoms with van der Waals surface area (Å²) in [6.45, 7) is 0. The van der Waals surface area contributed by atoms with Crippen LogP contribution >= 0.6 is 34.2 Å². The van der Waals surface area contributed by atoms with Crippen molar-refractivity contribution >= 4 is 34.2 Å². The standard InChI is InChI=1S/C11H9ClINO/c12-8-6-7(3-4-9(8)13)11(15)10-2-1-5-14-10/h1-6,11,14-15H. The van der Waals surface area contributed by atoms with Crippen molar-refractivity contribution in [1.82, 2.24) is 4.98 Å². The normalized spacial score (nSPS) is 12.7. The maximum absolute atomic E-state index is 10.0. The molecule has 1 aromatic carbocycles. The maximum Gasteiger partial charge on any atom is 0.119 e. The highest BCUT2D eigenvalue weighted by Gasteiger charge is 2.11. The number of benzene rings is 1. The molecule has 2 aromatic rings. The van der Waals surface area contributed by atoms with Crippen molar-refractivity contribution in [2.75, 3.05) is 0 Å². The van der Waals surface area contributed by atoms with Crippen LogP contribution in [0.4, 0.5) is 0 Å². The van der Waals surface area contributed by atoms with Crippen LogP contribution in [0.25, 0.3) is 0 Å². The van der Waals surface area contributed by atoms with E-state index in [4.69, 9.17) is 11.6 Å². The van der Waals surface area contributed by atoms with E-state index in [9.17, 15) is 5.11 Å². The van der Waals surface area contributed by atoms with E-state index >= 15 is 0 Å². The first-order valence-corrected chi connectivity index (χ1v) is 5.90. The van der Waals surface area contributed by atoms with E-state index in [-0.39, 0.29) is 0 Å². The van der Waals surface area contributed by atoms with Gasteiger partial charge in [0.05, 0.1) is 5.02 Å². The van der Waals surface area contributed by atoms with Gasteiger partial charge in [-0.1, -0.05) is 17.7 Å². The van der Waals surface area contributed by atoms with E-state index in [1.807, 2.05) is 24.3 Å². The minimum absolute atomic E-state index is 0.644. The molecule has 0 radical (unpaired) electrons. The molecule has 4 heteroatoms. The van der Waals surface area contributed by atoms with E-state index in [2.05, 4.69) is 27.6 Å². The summed E-state index contributed by atoms with van der Waals surface area (Å²) >= 11 is 8.15. The van der Waals surface area contributed by atoms with Crippen LogP contribution in [0.2, 0.25) is 5.02 Å². The Hall–Kier alpha value is -0.520. The van der Waals surface area contributed by atoms with Gasteiger partial charge in [-0.05, 0) is 52.4 Å². The zero-order chi connectivity index (χ0) is 10.8. The number of nitrogens with one attached hydrogen (secondary N) is 1. The number of H-pyrrole nitrogens is 1. The van der Waals surface area contributed by atoms with Gasteiger partial charge in [0, 0.05) is 15.5 Å². The minimum atomic E-state index is -0.644. The van der Waals surface area contributed by atoms with Gasteiger partial charge in [0.15, 0.2) is 0 Å². The first-order chi connectivity index (χ1) is 7.18. The van der Waals surface area contributed by atoms with Gasteiger partial charge < -0.3 is 10.1 Å². The van der Waals surface area contributed by atoms with E-state index in [1.165, 1.54) is 0 Å². The quantitative estimate of drug-likeness (QED) is 0.812. The van der Waals surface area contributed by atoms with Gasteiger partial charge >= 0.3 is 0 Å². The molecule has 0 amide bonds. The second-order valence-corrected chi connectivity index (χ2v) is 4.77. The highest BCUT2D eigenvalue weighted by atomic mass is 127. The Morgan fingerprint density at radius 1 is 1.33 bits per heavy atom. The monoisotopic (exact) mass is 333 g/mol. The van der Waals surface area contributed by atoms with Crippen molar-refractivity contribution in [3.63, 3.8) is 0 Å². The molecule has 0 aliphatic rings. The zero-order valence-electron chi connectivity index (χ0n) is 7.74. The first-order valence-electron chi connectivity index (χ1n) is 4.45. The van der Waals surface area contributed by atoms with Crippen LogP contribution in [-0.4, -0.2) is 10.1 Å². The molecule has 0 aliphatic heterocycles. The fourth-order valence-electron chi connectivity index (χ4n) is 1.38. The topological polar surface area (TPSA) is 36.0 Å². The second kappa shape index (κ2) is 4.55. The third-order valence-electron chi connectivity index (χ3n) is 2.18. The SMILES string of the molecule is OC(c1ccc(I)c(Cl)c1)c1ccc[nH]1. The molecule has 2 N–H and O–H groups in total. The molecule has 1 aromatic heterocycles. The van der Waals surface area contributed by atoms with Gasteiger partial charge in [0.25, 0.3) is 0 Å². The Bertz CT molecular complexity index is 456. The lowest BCUT2D eigenvalue weighted by Crippen LogP contribution is -1.99. The van der Waals surface area contributed by atoms with Gasteiger partial charge in [-0.3, -0.25) is 0 Å². The lowest BCUT2D eigenvalue weighted by molar-refractivity contribution is 0.216. The summed E-state index contributed by atoms with van der Waals surface area (Å²) in [5.41, 5.74) is 1.56. The largest absolute Gasteiger partial charge is 0.382 e. The van der Waals surface area contributed by atoms with Crippen LogP contribution < -0.4 is 0 Å². The Kier molecular flexibility index (Phi) is 3.33. The Balaban J connectivity index is 2.34. The van der Waals surface area contributed by atoms with E-state index in [1.54, 1.807) is 12.3 Å². The second-order valence-electron chi connectivity index (χ2n) is 3.20. The summed E-state index contributed by atoms with van der Waals surface area (Å²) in [7, 11) is 0. The Morgan fingerprint density at radius 2 is 2.13 bits per heavy atom. The van der Waals surface area contributed by atoms with Crippen molar-refractivity contribution in [3.05, 3.63) is 56.4 Å². The van der Waals surface area contributed by atoms with Crippen molar-refractivity contribution in [1.29, 1.82) is 0 Å². The smallest absolute Gasteiger partial charge is 0.119 e. The van der Waals surface area contributed by atoms with Crippen molar-refractivity contribution < 1.29 is 5.11 Å². The molecule has 0 fully saturated rings. The molecule has 0 saturated heterocycles. The van der Waals surface area contributed by atoms with Crippen molar-refractivity contribution in [3.8, 4) is 0 Å². The summed E-state index contributed by atoms with van der Waals surface area (Å²) < 4.78 is 0.983. The number of hydrogen-bond acceptors (Lipinski definition) is 1. The highest BCUT2D eigenvalue weighted by Crippen LogP contribution is 2.26. The first kappa shape index (κ1) is 11.0. The molecular weight excluding hydrogens is 324 g/mol. The molecule has 1 unspecified atom stereocenters. The molecule has 0 aliphatic carbocycles. The molecular formula is C11H9ClINO. The highest BCUT2D eigenvalue weighted by molar-refractivity contribution is 14.1. The third kappa shape index (κ3) is 2.35. The molecule has 2 rings (SSSR count). The van der Waals surface area contributed by atoms with Crippen LogP contribution in [0.1, 0.15) is 17.4 Å². The number of aliphatic hydroxyl groups excluding tert-OH is 1. The fraction of sp³-hybridized carbons (Fsp3) is 0.0909. The molecule has 1 heterocycles. The molecule has 2 nitrogen and oxygen atoms in total. The predicted octanol–water partition coefficient (Wildman–Crippen LogP) is 3.35. The summed E-state index contributed by atoms with van der Waals surface area (Å²) in [4.78, 5) is 2.97. The van der Waals surface area contributed by atoms with Crippen LogP contribution in [-0.2, 0) is 0 Å². The van der Waals surface area contributed by atoms with E-state index < -0.39 is 6.10 Å². The summed E-state index contributed by atoms with van der Waals surface area (Å²) in [5, 5.41) is 10.7. The number of aromatic amines is 1. The van der Waals surface area contributed by atoms with Gasteiger partial charge in [-0.15, -0.1) is 0 Å². The van der Waals surface area contributed by atoms with Crippen LogP contribution in [0, 0.1) is 3.57 Å². The third-order valence-corrected chi connectivity index (χ3v) is 3.75. The summed E-state index contributed by atoms with van der Waals surface area (Å²) in [5.74, 6) is 0. The maximum atomic E-state index is 10.0. The molecule has 78 valence electrons. The number of aliphatic hydroxyl groups is 1. The molecule has 0 bridgehead atoms. The van der Waals surface area contributed by atoms with Crippen molar-refractivity contribution in [2.24, 2.45) is 0 Å². The van der Waals surface area contributed by atoms with E-state index in [0.717, 1.165) is 14.8 Å². The molecule has 0 spiro atoms. The summed E-state index contributed by atoms with van der Waals surface area (Å²) in [6.07, 6.45) is 1.14. The Labute approximate surface area is 106 Å². The molecule has 1 atom stereocenters. The fourth-order valence-corrected chi connectivity index (χ4v) is 1.90. The molecule has 0 saturated carbocycles. The number of aromatic nitrogens is 1. The van der Waals surface area contributed by atoms with E-state index in [0.29, 0.717) is 5.02 Å². The van der Waals surface area contributed by atoms with Gasteiger partial charge in [-0.25, -0.2) is 0 Å². The van der Waals surface area contributed by atoms with Crippen molar-refractivity contribution in [2.45, 2.75) is 6.10 Å². The van der Waals surface area contributed by atoms with Crippen LogP contribution in [0.3, 0.4) is 0 Å². The minimum Gasteiger partial charge on any atom is -0.382 e. The Morgan fingerprint density at radius 3 is 2.73 bits per heavy atom. The molecule has 15 heavy (non-hydrogen) atoms. The summed E-state index contributed by atoms with van der Waals surface area (Å²) in [6, 6.07) is 9.25. The lowest BCUT2D eigenvalue weighted by atomic mass is 10.1. The average Bonchev–Trinajstić information content (AvgIpc) is 2.74. The number of hydrogen-bond donors (Lipinski definition) is 2. The average molecular weight is 334 g/mol. The van der Waals surface area contributed by atoms with Gasteiger partial charge in [0.1, 0.15) is 6.10 Å². The number of rotatable bonds is 2. The predicted molar refractivity (Wildman–Crippen MR) is 69.0 cm³/mol.